The molecule has 5 nitrogen and oxygen atoms in total. The number of anilines is 1. The van der Waals surface area contributed by atoms with Crippen molar-refractivity contribution < 1.29 is 9.66 Å². The van der Waals surface area contributed by atoms with Crippen LogP contribution in [0.1, 0.15) is 34.2 Å². The number of hydrogen-bond acceptors (Lipinski definition) is 4. The number of hydrogen-bond donors (Lipinski definition) is 1. The second kappa shape index (κ2) is 6.88. The first kappa shape index (κ1) is 18.2. The summed E-state index contributed by atoms with van der Waals surface area (Å²) in [5.41, 5.74) is 5.74. The van der Waals surface area contributed by atoms with Crippen LogP contribution in [0.5, 0.6) is 5.75 Å². The zero-order chi connectivity index (χ0) is 20.1. The number of nitrogens with one attached hydrogen (secondary N) is 1. The maximum absolute atomic E-state index is 11.4. The summed E-state index contributed by atoms with van der Waals surface area (Å²) in [5, 5.41) is 15.1. The number of nitrogens with zero attached hydrogens (tertiary/aromatic N) is 1. The Bertz CT molecular complexity index is 1130. The van der Waals surface area contributed by atoms with E-state index in [1.165, 1.54) is 11.1 Å². The molecule has 0 bridgehead atoms. The smallest absolute Gasteiger partial charge is 0.269 e. The van der Waals surface area contributed by atoms with Crippen molar-refractivity contribution >= 4 is 27.3 Å². The minimum atomic E-state index is -0.320. The van der Waals surface area contributed by atoms with E-state index in [0.29, 0.717) is 0 Å². The van der Waals surface area contributed by atoms with Crippen molar-refractivity contribution in [3.05, 3.63) is 97.5 Å². The molecule has 3 aromatic rings. The highest BCUT2D eigenvalue weighted by molar-refractivity contribution is 9.10. The molecule has 2 aliphatic rings. The molecule has 3 aromatic carbocycles. The molecule has 0 spiro atoms. The lowest BCUT2D eigenvalue weighted by molar-refractivity contribution is -0.384. The summed E-state index contributed by atoms with van der Waals surface area (Å²) in [6, 6.07) is 19.7. The Morgan fingerprint density at radius 3 is 2.69 bits per heavy atom. The minimum absolute atomic E-state index is 0.0359. The van der Waals surface area contributed by atoms with Gasteiger partial charge < -0.3 is 10.1 Å². The van der Waals surface area contributed by atoms with Crippen LogP contribution in [0.25, 0.3) is 0 Å². The van der Waals surface area contributed by atoms with Crippen molar-refractivity contribution in [3.8, 4) is 5.75 Å². The van der Waals surface area contributed by atoms with Crippen molar-refractivity contribution in [1.29, 1.82) is 0 Å². The fourth-order valence-corrected chi connectivity index (χ4v) is 5.30. The van der Waals surface area contributed by atoms with E-state index in [9.17, 15) is 10.1 Å². The van der Waals surface area contributed by atoms with Gasteiger partial charge in [-0.3, -0.25) is 10.1 Å². The number of benzene rings is 3. The third kappa shape index (κ3) is 2.90. The Balaban J connectivity index is 1.71. The molecule has 0 aromatic heterocycles. The van der Waals surface area contributed by atoms with Gasteiger partial charge in [0.2, 0.25) is 0 Å². The lowest BCUT2D eigenvalue weighted by Gasteiger charge is -2.38. The van der Waals surface area contributed by atoms with Gasteiger partial charge in [0.15, 0.2) is 0 Å². The standard InChI is InChI=1S/C23H19BrN2O3/c1-29-21-9-6-14(24)11-18(21)23-19-10-13-4-2-3-5-16(13)22(19)17-12-15(26(27)28)7-8-20(17)25-23/h2-9,11-12,19,22-23,25H,10H2,1H3/t19-,22-,23-/m0/s1. The largest absolute Gasteiger partial charge is 0.496 e. The summed E-state index contributed by atoms with van der Waals surface area (Å²) in [6.07, 6.45) is 0.913. The zero-order valence-corrected chi connectivity index (χ0v) is 17.3. The van der Waals surface area contributed by atoms with Crippen LogP contribution in [0.2, 0.25) is 0 Å². The lowest BCUT2D eigenvalue weighted by atomic mass is 9.75. The SMILES string of the molecule is COc1ccc(Br)cc1[C@@H]1Nc2ccc([N+](=O)[O-])cc2[C@@H]2c3ccccc3C[C@@H]21. The molecule has 0 saturated heterocycles. The maximum atomic E-state index is 11.4. The molecule has 5 rings (SSSR count). The molecule has 1 aliphatic carbocycles. The van der Waals surface area contributed by atoms with Gasteiger partial charge in [-0.2, -0.15) is 0 Å². The topological polar surface area (TPSA) is 64.4 Å². The normalized spacial score (nSPS) is 21.5. The van der Waals surface area contributed by atoms with Gasteiger partial charge in [0.1, 0.15) is 5.75 Å². The van der Waals surface area contributed by atoms with Gasteiger partial charge in [0, 0.05) is 33.8 Å². The predicted molar refractivity (Wildman–Crippen MR) is 116 cm³/mol. The van der Waals surface area contributed by atoms with Crippen molar-refractivity contribution in [1.82, 2.24) is 0 Å². The summed E-state index contributed by atoms with van der Waals surface area (Å²) in [5.74, 6) is 1.19. The number of rotatable bonds is 3. The molecule has 1 aliphatic heterocycles. The van der Waals surface area contributed by atoms with Gasteiger partial charge in [0.05, 0.1) is 18.1 Å². The number of halogens is 1. The minimum Gasteiger partial charge on any atom is -0.496 e. The molecule has 146 valence electrons. The van der Waals surface area contributed by atoms with Gasteiger partial charge in [-0.05, 0) is 53.3 Å². The van der Waals surface area contributed by atoms with Crippen molar-refractivity contribution in [3.63, 3.8) is 0 Å². The highest BCUT2D eigenvalue weighted by Gasteiger charge is 2.44. The molecule has 0 radical (unpaired) electrons. The fourth-order valence-electron chi connectivity index (χ4n) is 4.92. The zero-order valence-electron chi connectivity index (χ0n) is 15.8. The van der Waals surface area contributed by atoms with Crippen LogP contribution in [0.3, 0.4) is 0 Å². The van der Waals surface area contributed by atoms with E-state index < -0.39 is 0 Å². The van der Waals surface area contributed by atoms with Crippen LogP contribution in [-0.2, 0) is 6.42 Å². The lowest BCUT2D eigenvalue weighted by Crippen LogP contribution is -2.30. The van der Waals surface area contributed by atoms with Gasteiger partial charge in [-0.1, -0.05) is 40.2 Å². The molecule has 0 fully saturated rings. The third-order valence-electron chi connectivity index (χ3n) is 6.12. The van der Waals surface area contributed by atoms with E-state index in [-0.39, 0.29) is 28.5 Å². The summed E-state index contributed by atoms with van der Waals surface area (Å²) >= 11 is 3.59. The Labute approximate surface area is 177 Å². The second-order valence-corrected chi connectivity index (χ2v) is 8.50. The quantitative estimate of drug-likeness (QED) is 0.402. The van der Waals surface area contributed by atoms with Crippen molar-refractivity contribution in [2.45, 2.75) is 18.4 Å². The molecular weight excluding hydrogens is 432 g/mol. The first-order valence-corrected chi connectivity index (χ1v) is 10.3. The predicted octanol–water partition coefficient (Wildman–Crippen LogP) is 5.84. The van der Waals surface area contributed by atoms with Gasteiger partial charge in [-0.15, -0.1) is 0 Å². The van der Waals surface area contributed by atoms with E-state index in [4.69, 9.17) is 4.74 Å². The van der Waals surface area contributed by atoms with Gasteiger partial charge in [-0.25, -0.2) is 0 Å². The Morgan fingerprint density at radius 1 is 1.07 bits per heavy atom. The Hall–Kier alpha value is -2.86. The number of nitro groups is 1. The number of methoxy groups -OCH3 is 1. The van der Waals surface area contributed by atoms with Crippen molar-refractivity contribution in [2.24, 2.45) is 5.92 Å². The first-order chi connectivity index (χ1) is 14.1. The molecule has 1 N–H and O–H groups in total. The number of nitro benzene ring substituents is 1. The van der Waals surface area contributed by atoms with Gasteiger partial charge >= 0.3 is 0 Å². The highest BCUT2D eigenvalue weighted by Crippen LogP contribution is 2.55. The molecule has 1 heterocycles. The highest BCUT2D eigenvalue weighted by atomic mass is 79.9. The van der Waals surface area contributed by atoms with E-state index in [0.717, 1.165) is 33.5 Å². The fraction of sp³-hybridized carbons (Fsp3) is 0.217. The molecule has 6 heteroatoms. The molecule has 0 amide bonds. The van der Waals surface area contributed by atoms with E-state index in [2.05, 4.69) is 51.6 Å². The third-order valence-corrected chi connectivity index (χ3v) is 6.61. The summed E-state index contributed by atoms with van der Waals surface area (Å²) in [4.78, 5) is 11.1. The molecule has 0 saturated carbocycles. The maximum Gasteiger partial charge on any atom is 0.269 e. The summed E-state index contributed by atoms with van der Waals surface area (Å²) < 4.78 is 6.66. The molecule has 29 heavy (non-hydrogen) atoms. The first-order valence-electron chi connectivity index (χ1n) is 9.53. The van der Waals surface area contributed by atoms with Crippen molar-refractivity contribution in [2.75, 3.05) is 12.4 Å². The van der Waals surface area contributed by atoms with Crippen LogP contribution in [0, 0.1) is 16.0 Å². The second-order valence-electron chi connectivity index (χ2n) is 7.58. The Kier molecular flexibility index (Phi) is 4.32. The van der Waals surface area contributed by atoms with Crippen LogP contribution in [0.15, 0.2) is 65.1 Å². The van der Waals surface area contributed by atoms with Crippen LogP contribution >= 0.6 is 15.9 Å². The van der Waals surface area contributed by atoms with Crippen LogP contribution in [-0.4, -0.2) is 12.0 Å². The summed E-state index contributed by atoms with van der Waals surface area (Å²) in [7, 11) is 1.69. The van der Waals surface area contributed by atoms with E-state index in [1.807, 2.05) is 18.2 Å². The number of fused-ring (bicyclic) bond motifs is 5. The summed E-state index contributed by atoms with van der Waals surface area (Å²) in [6.45, 7) is 0. The Morgan fingerprint density at radius 2 is 1.90 bits per heavy atom. The van der Waals surface area contributed by atoms with E-state index in [1.54, 1.807) is 19.2 Å². The average molecular weight is 451 g/mol. The average Bonchev–Trinajstić information content (AvgIpc) is 3.12. The number of ether oxygens (including phenoxy) is 1. The van der Waals surface area contributed by atoms with Crippen LogP contribution < -0.4 is 10.1 Å². The molecular formula is C23H19BrN2O3. The van der Waals surface area contributed by atoms with Gasteiger partial charge in [0.25, 0.3) is 5.69 Å². The molecule has 3 atom stereocenters. The molecule has 0 unspecified atom stereocenters. The van der Waals surface area contributed by atoms with Crippen LogP contribution in [0.4, 0.5) is 11.4 Å². The van der Waals surface area contributed by atoms with E-state index >= 15 is 0 Å². The number of non-ortho nitro benzene ring substituents is 1. The monoisotopic (exact) mass is 450 g/mol.